The van der Waals surface area contributed by atoms with Crippen molar-refractivity contribution in [1.82, 2.24) is 5.32 Å². The Balaban J connectivity index is 1.88. The number of ether oxygens (including phenoxy) is 2. The third kappa shape index (κ3) is 5.52. The SMILES string of the molecule is C=CCOc1ccc(NC(=S)NC2(CCOC)CCCC2)cc1. The van der Waals surface area contributed by atoms with E-state index in [-0.39, 0.29) is 5.54 Å². The van der Waals surface area contributed by atoms with Gasteiger partial charge >= 0.3 is 0 Å². The predicted molar refractivity (Wildman–Crippen MR) is 99.2 cm³/mol. The van der Waals surface area contributed by atoms with E-state index in [2.05, 4.69) is 17.2 Å². The van der Waals surface area contributed by atoms with Gasteiger partial charge in [-0.2, -0.15) is 0 Å². The van der Waals surface area contributed by atoms with Crippen LogP contribution >= 0.6 is 12.2 Å². The Bertz CT molecular complexity index is 510. The minimum atomic E-state index is 0.0765. The average Bonchev–Trinajstić information content (AvgIpc) is 3.01. The van der Waals surface area contributed by atoms with E-state index >= 15 is 0 Å². The lowest BCUT2D eigenvalue weighted by Gasteiger charge is -2.31. The molecule has 23 heavy (non-hydrogen) atoms. The van der Waals surface area contributed by atoms with Crippen LogP contribution in [0.1, 0.15) is 32.1 Å². The molecule has 0 radical (unpaired) electrons. The summed E-state index contributed by atoms with van der Waals surface area (Å²) in [6.07, 6.45) is 7.49. The average molecular weight is 334 g/mol. The number of hydrogen-bond acceptors (Lipinski definition) is 3. The quantitative estimate of drug-likeness (QED) is 0.558. The Morgan fingerprint density at radius 1 is 1.30 bits per heavy atom. The first-order valence-corrected chi connectivity index (χ1v) is 8.50. The third-order valence-corrected chi connectivity index (χ3v) is 4.41. The van der Waals surface area contributed by atoms with Gasteiger partial charge in [0.1, 0.15) is 12.4 Å². The summed E-state index contributed by atoms with van der Waals surface area (Å²) < 4.78 is 10.7. The summed E-state index contributed by atoms with van der Waals surface area (Å²) in [5, 5.41) is 7.45. The van der Waals surface area contributed by atoms with Crippen LogP contribution in [0.2, 0.25) is 0 Å². The molecule has 0 heterocycles. The van der Waals surface area contributed by atoms with E-state index in [9.17, 15) is 0 Å². The third-order valence-electron chi connectivity index (χ3n) is 4.20. The molecule has 0 aliphatic heterocycles. The number of anilines is 1. The van der Waals surface area contributed by atoms with E-state index in [1.165, 1.54) is 12.8 Å². The summed E-state index contributed by atoms with van der Waals surface area (Å²) in [6.45, 7) is 4.90. The highest BCUT2D eigenvalue weighted by atomic mass is 32.1. The van der Waals surface area contributed by atoms with Crippen LogP contribution in [0.15, 0.2) is 36.9 Å². The van der Waals surface area contributed by atoms with Gasteiger partial charge in [-0.05, 0) is 55.7 Å². The molecule has 1 saturated carbocycles. The molecule has 2 N–H and O–H groups in total. The Labute approximate surface area is 144 Å². The largest absolute Gasteiger partial charge is 0.490 e. The zero-order valence-electron chi connectivity index (χ0n) is 13.8. The second kappa shape index (κ2) is 8.89. The van der Waals surface area contributed by atoms with Crippen molar-refractivity contribution in [1.29, 1.82) is 0 Å². The van der Waals surface area contributed by atoms with Crippen LogP contribution in [0.5, 0.6) is 5.75 Å². The number of hydrogen-bond donors (Lipinski definition) is 2. The molecule has 0 atom stereocenters. The van der Waals surface area contributed by atoms with Crippen LogP contribution in [-0.2, 0) is 4.74 Å². The maximum Gasteiger partial charge on any atom is 0.171 e. The van der Waals surface area contributed by atoms with Gasteiger partial charge in [-0.25, -0.2) is 0 Å². The Morgan fingerprint density at radius 3 is 2.61 bits per heavy atom. The minimum Gasteiger partial charge on any atom is -0.490 e. The van der Waals surface area contributed by atoms with Crippen molar-refractivity contribution >= 4 is 23.0 Å². The van der Waals surface area contributed by atoms with Gasteiger partial charge in [0.15, 0.2) is 5.11 Å². The normalized spacial score (nSPS) is 15.9. The molecule has 126 valence electrons. The fourth-order valence-electron chi connectivity index (χ4n) is 2.98. The van der Waals surface area contributed by atoms with Gasteiger partial charge in [0.05, 0.1) is 0 Å². The van der Waals surface area contributed by atoms with Crippen molar-refractivity contribution in [2.24, 2.45) is 0 Å². The zero-order chi connectivity index (χ0) is 16.5. The standard InChI is InChI=1S/C18H26N2O2S/c1-3-13-22-16-8-6-15(7-9-16)19-17(23)20-18(12-14-21-2)10-4-5-11-18/h3,6-9H,1,4-5,10-14H2,2H3,(H2,19,20,23). The number of nitrogens with one attached hydrogen (secondary N) is 2. The first-order valence-electron chi connectivity index (χ1n) is 8.09. The fourth-order valence-corrected chi connectivity index (χ4v) is 3.31. The molecule has 1 aliphatic carbocycles. The molecule has 1 fully saturated rings. The first kappa shape index (κ1) is 17.8. The highest BCUT2D eigenvalue weighted by Gasteiger charge is 2.33. The van der Waals surface area contributed by atoms with E-state index in [0.717, 1.165) is 37.3 Å². The molecule has 4 nitrogen and oxygen atoms in total. The highest BCUT2D eigenvalue weighted by Crippen LogP contribution is 2.32. The van der Waals surface area contributed by atoms with Crippen LogP contribution in [0, 0.1) is 0 Å². The molecule has 1 aliphatic rings. The maximum atomic E-state index is 5.49. The van der Waals surface area contributed by atoms with E-state index < -0.39 is 0 Å². The van der Waals surface area contributed by atoms with Crippen molar-refractivity contribution in [2.45, 2.75) is 37.6 Å². The number of benzene rings is 1. The van der Waals surface area contributed by atoms with Crippen molar-refractivity contribution < 1.29 is 9.47 Å². The van der Waals surface area contributed by atoms with Crippen LogP contribution < -0.4 is 15.4 Å². The van der Waals surface area contributed by atoms with Gasteiger partial charge in [0, 0.05) is 24.9 Å². The number of methoxy groups -OCH3 is 1. The Morgan fingerprint density at radius 2 is 2.00 bits per heavy atom. The predicted octanol–water partition coefficient (Wildman–Crippen LogP) is 3.89. The highest BCUT2D eigenvalue weighted by molar-refractivity contribution is 7.80. The summed E-state index contributed by atoms with van der Waals surface area (Å²) in [5.74, 6) is 0.821. The lowest BCUT2D eigenvalue weighted by molar-refractivity contribution is 0.163. The van der Waals surface area contributed by atoms with Gasteiger partial charge < -0.3 is 20.1 Å². The molecule has 0 unspecified atom stereocenters. The summed E-state index contributed by atoms with van der Waals surface area (Å²) in [7, 11) is 1.75. The van der Waals surface area contributed by atoms with Crippen LogP contribution in [-0.4, -0.2) is 31.0 Å². The van der Waals surface area contributed by atoms with Crippen LogP contribution in [0.25, 0.3) is 0 Å². The van der Waals surface area contributed by atoms with Gasteiger partial charge in [-0.1, -0.05) is 25.5 Å². The maximum absolute atomic E-state index is 5.49. The molecule has 0 saturated heterocycles. The lowest BCUT2D eigenvalue weighted by Crippen LogP contribution is -2.48. The van der Waals surface area contributed by atoms with Gasteiger partial charge in [0.25, 0.3) is 0 Å². The molecule has 0 spiro atoms. The Hall–Kier alpha value is -1.59. The summed E-state index contributed by atoms with van der Waals surface area (Å²) in [4.78, 5) is 0. The molecule has 5 heteroatoms. The topological polar surface area (TPSA) is 42.5 Å². The zero-order valence-corrected chi connectivity index (χ0v) is 14.6. The van der Waals surface area contributed by atoms with Crippen molar-refractivity contribution in [3.8, 4) is 5.75 Å². The van der Waals surface area contributed by atoms with E-state index in [0.29, 0.717) is 11.7 Å². The molecular weight excluding hydrogens is 308 g/mol. The smallest absolute Gasteiger partial charge is 0.171 e. The molecule has 0 aromatic heterocycles. The van der Waals surface area contributed by atoms with Crippen molar-refractivity contribution in [3.63, 3.8) is 0 Å². The van der Waals surface area contributed by atoms with Gasteiger partial charge in [0.2, 0.25) is 0 Å². The lowest BCUT2D eigenvalue weighted by atomic mass is 9.94. The molecule has 1 aromatic rings. The Kier molecular flexibility index (Phi) is 6.86. The van der Waals surface area contributed by atoms with Gasteiger partial charge in [-0.3, -0.25) is 0 Å². The molecule has 0 bridgehead atoms. The summed E-state index contributed by atoms with van der Waals surface area (Å²) in [5.41, 5.74) is 1.03. The number of thiocarbonyl (C=S) groups is 1. The van der Waals surface area contributed by atoms with Crippen molar-refractivity contribution in [3.05, 3.63) is 36.9 Å². The van der Waals surface area contributed by atoms with Gasteiger partial charge in [-0.15, -0.1) is 0 Å². The van der Waals surface area contributed by atoms with Crippen molar-refractivity contribution in [2.75, 3.05) is 25.6 Å². The fraction of sp³-hybridized carbons (Fsp3) is 0.500. The monoisotopic (exact) mass is 334 g/mol. The first-order chi connectivity index (χ1) is 11.2. The molecule has 1 aromatic carbocycles. The second-order valence-electron chi connectivity index (χ2n) is 5.93. The second-order valence-corrected chi connectivity index (χ2v) is 6.34. The molecule has 2 rings (SSSR count). The number of rotatable bonds is 8. The van der Waals surface area contributed by atoms with E-state index in [4.69, 9.17) is 21.7 Å². The van der Waals surface area contributed by atoms with E-state index in [1.807, 2.05) is 24.3 Å². The minimum absolute atomic E-state index is 0.0765. The molecule has 0 amide bonds. The summed E-state index contributed by atoms with van der Waals surface area (Å²) >= 11 is 5.49. The van der Waals surface area contributed by atoms with E-state index in [1.54, 1.807) is 13.2 Å². The van der Waals surface area contributed by atoms with Crippen LogP contribution in [0.4, 0.5) is 5.69 Å². The summed E-state index contributed by atoms with van der Waals surface area (Å²) in [6, 6.07) is 7.77. The van der Waals surface area contributed by atoms with Crippen LogP contribution in [0.3, 0.4) is 0 Å². The molecular formula is C18H26N2O2S.